The largest absolute Gasteiger partial charge is 0.462 e. The second kappa shape index (κ2) is 47.9. The van der Waals surface area contributed by atoms with Crippen LogP contribution < -0.4 is 62.0 Å². The predicted octanol–water partition coefficient (Wildman–Crippen LogP) is 7.17. The summed E-state index contributed by atoms with van der Waals surface area (Å²) in [5, 5.41) is 21.8. The minimum absolute atomic E-state index is 0.0938. The Morgan fingerprint density at radius 3 is 1.06 bits per heavy atom. The summed E-state index contributed by atoms with van der Waals surface area (Å²) in [6, 6.07) is 15.9. The topological polar surface area (TPSA) is 613 Å². The molecule has 814 valence electrons. The van der Waals surface area contributed by atoms with Gasteiger partial charge in [0.2, 0.25) is 65.5 Å². The fourth-order valence-corrected chi connectivity index (χ4v) is 22.2. The van der Waals surface area contributed by atoms with E-state index in [2.05, 4.69) is 62.0 Å². The molecule has 0 spiro atoms. The van der Waals surface area contributed by atoms with Gasteiger partial charge in [-0.1, -0.05) is 97.8 Å². The van der Waals surface area contributed by atoms with Gasteiger partial charge in [-0.05, 0) is 208 Å². The van der Waals surface area contributed by atoms with Crippen LogP contribution in [0.25, 0.3) is 0 Å². The summed E-state index contributed by atoms with van der Waals surface area (Å²) in [6.45, 7) is 16.2. The van der Waals surface area contributed by atoms with Crippen LogP contribution >= 0.6 is 0 Å². The second-order valence-corrected chi connectivity index (χ2v) is 47.9. The Morgan fingerprint density at radius 2 is 0.718 bits per heavy atom. The van der Waals surface area contributed by atoms with Crippen molar-refractivity contribution in [2.75, 3.05) is 68.6 Å². The number of benzene rings is 3. The van der Waals surface area contributed by atoms with Gasteiger partial charge < -0.3 is 89.2 Å². The van der Waals surface area contributed by atoms with Crippen molar-refractivity contribution in [2.24, 2.45) is 17.8 Å². The van der Waals surface area contributed by atoms with Gasteiger partial charge in [-0.3, -0.25) is 73.3 Å². The number of rotatable bonds is 20. The molecule has 9 fully saturated rings. The third kappa shape index (κ3) is 31.3. The number of para-hydroxylation sites is 3. The first-order valence-electron chi connectivity index (χ1n) is 50.3. The number of carbonyl (C=O) groups is 16. The Kier molecular flexibility index (Phi) is 36.3. The first kappa shape index (κ1) is 113. The molecule has 3 saturated heterocycles. The standard InChI is InChI=1S/C36H49N5O11S.2C32H43N5O10S/c1-5-50-31(44)25-14-11-12-15-26(25)37-33(46)51-23-19-28-29(42)39-36(32(45)40-53(48,49)24-17-18-24)20-22(36)13-9-7-6-8-10-16-27(30(43)41(28)21-23)38-34(47)52-35(2,3)4;2*1-31(2,3)47-30(42)34-24-19-45-15-9-5-6-10-20-17-32(20,28(40)36-48(43,44)23-13-14-23)35-26(38)25-16-22(18-37(25)27(24)39)46-29(41)33-21-11-7-4-8-12-21/h9,11-15,22-24,27-28H,5-8,10,16-21H2,1-4H3,(H,37,46)(H,38,47)(H,39,42)(H,40,45);2*4,6-8,10-12,20,22-25H,5,9,13-19H2,1-3H3,(H,33,41)(H,34,42)(H,35,38)(H,36,40)/b13-9-;2*10-6-/t22-,23-,27+,28+,36-;2*20-,22-,24+,25+,32-/m111/s1. The molecule has 12 aliphatic rings. The number of nitrogens with zero attached hydrogens (tertiary/aromatic N) is 3. The molecule has 3 aromatic carbocycles. The number of ether oxygens (including phenoxy) is 9. The number of fused-ring (bicyclic) bond motifs is 6. The Labute approximate surface area is 864 Å². The zero-order valence-electron chi connectivity index (χ0n) is 84.9. The molecule has 15 rings (SSSR count). The van der Waals surface area contributed by atoms with Crippen molar-refractivity contribution in [3.63, 3.8) is 0 Å². The number of allylic oxidation sites excluding steroid dienone is 3. The van der Waals surface area contributed by atoms with E-state index in [-0.39, 0.29) is 109 Å². The minimum atomic E-state index is -3.93. The van der Waals surface area contributed by atoms with Crippen molar-refractivity contribution in [3.05, 3.63) is 127 Å². The summed E-state index contributed by atoms with van der Waals surface area (Å²) in [6.07, 6.45) is 10.7. The highest BCUT2D eigenvalue weighted by Crippen LogP contribution is 2.50. The maximum atomic E-state index is 14.3. The van der Waals surface area contributed by atoms with Gasteiger partial charge in [0.25, 0.3) is 17.7 Å². The number of hydrogen-bond donors (Lipinski definition) is 12. The molecule has 0 radical (unpaired) electrons. The number of nitrogens with one attached hydrogen (secondary N) is 12. The van der Waals surface area contributed by atoms with Gasteiger partial charge in [0.05, 0.1) is 66.5 Å². The number of anilines is 3. The lowest BCUT2D eigenvalue weighted by molar-refractivity contribution is -0.142. The normalized spacial score (nSPS) is 28.1. The predicted molar refractivity (Wildman–Crippen MR) is 535 cm³/mol. The molecule has 15 amide bonds. The van der Waals surface area contributed by atoms with Crippen LogP contribution in [-0.4, -0.2) is 292 Å². The van der Waals surface area contributed by atoms with Gasteiger partial charge in [0.15, 0.2) is 0 Å². The van der Waals surface area contributed by atoms with Crippen molar-refractivity contribution in [3.8, 4) is 0 Å². The summed E-state index contributed by atoms with van der Waals surface area (Å²) in [5.41, 5.74) is -6.08. The molecule has 12 N–H and O–H groups in total. The number of carbonyl (C=O) groups excluding carboxylic acids is 16. The number of alkyl carbamates (subject to hydrolysis) is 3. The molecule has 15 atom stereocenters. The molecule has 6 saturated carbocycles. The summed E-state index contributed by atoms with van der Waals surface area (Å²) in [4.78, 5) is 218. The number of esters is 1. The molecular formula is C100H135N15O31S3. The van der Waals surface area contributed by atoms with Crippen molar-refractivity contribution in [2.45, 2.75) is 308 Å². The monoisotopic (exact) mass is 2140 g/mol. The van der Waals surface area contributed by atoms with Crippen LogP contribution in [0.2, 0.25) is 0 Å². The second-order valence-electron chi connectivity index (χ2n) is 42.0. The Balaban J connectivity index is 0.000000187. The first-order valence-corrected chi connectivity index (χ1v) is 55.0. The van der Waals surface area contributed by atoms with E-state index in [1.807, 2.05) is 18.2 Å². The zero-order chi connectivity index (χ0) is 108. The van der Waals surface area contributed by atoms with E-state index in [4.69, 9.17) is 42.6 Å². The van der Waals surface area contributed by atoms with Crippen LogP contribution in [0.15, 0.2) is 121 Å². The SMILES string of the molecule is CC(C)(C)OC(=O)N[C@H]1COCCC/C=C\[C@@H]2C[C@@]2(C(=O)NS(=O)(=O)C2CC2)NC(=O)[C@@H]2C[C@@H](OC(=O)Nc3ccccc3)CN2C1=O.CC(C)(C)OC(=O)N[C@H]1COCCC/C=C\[C@@H]2C[C@@]2(C(=O)NS(=O)(=O)C2CC2)NC(=O)[C@@H]2C[C@@H](OC(=O)Nc3ccccc3)CN2C1=O.CCOC(=O)c1ccccc1NC(=O)O[C@@H]1C[C@H]2C(=O)N[C@]3(C(=O)NS(=O)(=O)C4CC4)C[C@H]3/C=C\CCCCC[C@H](NC(=O)OC(C)(C)C)C(=O)N2C1. The molecule has 49 heteroatoms. The highest BCUT2D eigenvalue weighted by molar-refractivity contribution is 7.91. The quantitative estimate of drug-likeness (QED) is 0.0303. The average Bonchev–Trinajstić information content (AvgIpc) is 1.58. The van der Waals surface area contributed by atoms with Crippen molar-refractivity contribution < 1.29 is 145 Å². The van der Waals surface area contributed by atoms with Crippen LogP contribution in [0, 0.1) is 17.8 Å². The zero-order valence-corrected chi connectivity index (χ0v) is 87.4. The summed E-state index contributed by atoms with van der Waals surface area (Å²) >= 11 is 0. The van der Waals surface area contributed by atoms with E-state index in [0.717, 1.165) is 6.42 Å². The summed E-state index contributed by atoms with van der Waals surface area (Å²) in [7, 11) is -11.8. The average molecular weight is 2140 g/mol. The third-order valence-electron chi connectivity index (χ3n) is 26.3. The van der Waals surface area contributed by atoms with Gasteiger partial charge in [-0.25, -0.2) is 58.8 Å². The molecule has 6 heterocycles. The van der Waals surface area contributed by atoms with E-state index in [1.54, 1.807) is 160 Å². The number of hydrogen-bond acceptors (Lipinski definition) is 31. The van der Waals surface area contributed by atoms with E-state index in [1.165, 1.54) is 26.8 Å². The maximum Gasteiger partial charge on any atom is 0.411 e. The molecular weight excluding hydrogens is 2000 g/mol. The lowest BCUT2D eigenvalue weighted by Gasteiger charge is -2.30. The molecule has 6 aliphatic heterocycles. The van der Waals surface area contributed by atoms with Gasteiger partial charge >= 0.3 is 42.5 Å². The molecule has 3 aromatic rings. The molecule has 6 aliphatic carbocycles. The lowest BCUT2D eigenvalue weighted by Crippen LogP contribution is -2.59. The molecule has 149 heavy (non-hydrogen) atoms. The van der Waals surface area contributed by atoms with Crippen LogP contribution in [0.4, 0.5) is 45.8 Å². The van der Waals surface area contributed by atoms with Gasteiger partial charge in [-0.15, -0.1) is 0 Å². The minimum Gasteiger partial charge on any atom is -0.462 e. The van der Waals surface area contributed by atoms with Gasteiger partial charge in [0.1, 0.15) is 88.0 Å². The van der Waals surface area contributed by atoms with Crippen molar-refractivity contribution in [1.29, 1.82) is 0 Å². The van der Waals surface area contributed by atoms with Crippen LogP contribution in [0.1, 0.15) is 214 Å². The fourth-order valence-electron chi connectivity index (χ4n) is 18.1. The Bertz CT molecular complexity index is 5720. The van der Waals surface area contributed by atoms with E-state index < -0.39 is 247 Å². The summed E-state index contributed by atoms with van der Waals surface area (Å²) in [5.74, 6) is -8.90. The van der Waals surface area contributed by atoms with Crippen LogP contribution in [0.3, 0.4) is 0 Å². The van der Waals surface area contributed by atoms with Crippen molar-refractivity contribution in [1.82, 2.24) is 60.8 Å². The Morgan fingerprint density at radius 1 is 0.396 bits per heavy atom. The van der Waals surface area contributed by atoms with Crippen molar-refractivity contribution >= 4 is 143 Å². The summed E-state index contributed by atoms with van der Waals surface area (Å²) < 4.78 is 132. The van der Waals surface area contributed by atoms with Crippen LogP contribution in [0.5, 0.6) is 0 Å². The molecule has 0 bridgehead atoms. The smallest absolute Gasteiger partial charge is 0.411 e. The Hall–Kier alpha value is -13.0. The number of amides is 15. The molecule has 0 aromatic heterocycles. The van der Waals surface area contributed by atoms with E-state index in [0.29, 0.717) is 94.8 Å². The van der Waals surface area contributed by atoms with E-state index >= 15 is 0 Å². The fraction of sp³-hybridized carbons (Fsp3) is 0.600. The van der Waals surface area contributed by atoms with Gasteiger partial charge in [-0.2, -0.15) is 0 Å². The number of sulfonamides is 3. The lowest BCUT2D eigenvalue weighted by atomic mass is 10.0. The molecule has 46 nitrogen and oxygen atoms in total. The highest BCUT2D eigenvalue weighted by atomic mass is 32.2. The third-order valence-corrected chi connectivity index (χ3v) is 31.7. The highest BCUT2D eigenvalue weighted by Gasteiger charge is 2.66. The van der Waals surface area contributed by atoms with E-state index in [9.17, 15) is 102 Å². The first-order chi connectivity index (χ1) is 70.4. The molecule has 0 unspecified atom stereocenters. The van der Waals surface area contributed by atoms with Crippen LogP contribution in [-0.2, 0) is 116 Å². The van der Waals surface area contributed by atoms with Gasteiger partial charge in [0, 0.05) is 61.6 Å². The maximum absolute atomic E-state index is 14.3.